The number of hydrogen-bond acceptors (Lipinski definition) is 2. The summed E-state index contributed by atoms with van der Waals surface area (Å²) < 4.78 is 0. The van der Waals surface area contributed by atoms with Gasteiger partial charge in [0.25, 0.3) is 0 Å². The van der Waals surface area contributed by atoms with Gasteiger partial charge in [0.1, 0.15) is 0 Å². The second kappa shape index (κ2) is 4.67. The van der Waals surface area contributed by atoms with Gasteiger partial charge in [0.05, 0.1) is 0 Å². The topological polar surface area (TPSA) is 40.5 Å². The summed E-state index contributed by atoms with van der Waals surface area (Å²) in [5.41, 5.74) is -0.926. The molecule has 0 saturated carbocycles. The van der Waals surface area contributed by atoms with Crippen molar-refractivity contribution < 1.29 is 9.90 Å². The largest absolute Gasteiger partial charge is 0.479 e. The third-order valence-corrected chi connectivity index (χ3v) is 2.07. The van der Waals surface area contributed by atoms with Crippen molar-refractivity contribution in [2.75, 3.05) is 0 Å². The molecule has 0 spiro atoms. The molecule has 0 heterocycles. The van der Waals surface area contributed by atoms with Gasteiger partial charge in [-0.15, -0.1) is 0 Å². The fourth-order valence-corrected chi connectivity index (χ4v) is 1.70. The Labute approximate surface area is 78.3 Å². The minimum atomic E-state index is -0.987. The Morgan fingerprint density at radius 2 is 1.58 bits per heavy atom. The zero-order valence-electron chi connectivity index (χ0n) is 7.91. The zero-order valence-corrected chi connectivity index (χ0v) is 8.67. The third-order valence-electron chi connectivity index (χ3n) is 1.66. The summed E-state index contributed by atoms with van der Waals surface area (Å²) in [6, 6.07) is 0.284. The lowest BCUT2D eigenvalue weighted by Crippen LogP contribution is -2.46. The summed E-state index contributed by atoms with van der Waals surface area (Å²) in [4.78, 5) is 12.3. The summed E-state index contributed by atoms with van der Waals surface area (Å²) in [7, 11) is 0. The minimum Gasteiger partial charge on any atom is -0.479 e. The molecule has 0 aromatic carbocycles. The number of rotatable bonds is 4. The van der Waals surface area contributed by atoms with E-state index in [9.17, 15) is 4.79 Å². The van der Waals surface area contributed by atoms with E-state index >= 15 is 0 Å². The first-order valence-electron chi connectivity index (χ1n) is 4.02. The van der Waals surface area contributed by atoms with Gasteiger partial charge in [-0.2, -0.15) is 0 Å². The van der Waals surface area contributed by atoms with Gasteiger partial charge < -0.3 is 5.11 Å². The van der Waals surface area contributed by atoms with Crippen LogP contribution >= 0.6 is 11.6 Å². The summed E-state index contributed by atoms with van der Waals surface area (Å²) >= 11 is 5.70. The van der Waals surface area contributed by atoms with E-state index in [1.165, 1.54) is 0 Å². The Bertz CT molecular complexity index is 151. The SMILES string of the molecule is CC(C)N(C(C)C)C(Cl)C(=O)O. The molecule has 0 saturated heterocycles. The van der Waals surface area contributed by atoms with Crippen LogP contribution in [0.1, 0.15) is 27.7 Å². The van der Waals surface area contributed by atoms with Crippen LogP contribution < -0.4 is 0 Å². The molecule has 1 atom stereocenters. The van der Waals surface area contributed by atoms with Crippen LogP contribution in [0.15, 0.2) is 0 Å². The molecule has 0 aliphatic rings. The second-order valence-electron chi connectivity index (χ2n) is 3.31. The van der Waals surface area contributed by atoms with Gasteiger partial charge in [-0.1, -0.05) is 11.6 Å². The van der Waals surface area contributed by atoms with E-state index in [0.29, 0.717) is 0 Å². The average molecular weight is 194 g/mol. The molecule has 72 valence electrons. The highest BCUT2D eigenvalue weighted by Crippen LogP contribution is 2.13. The van der Waals surface area contributed by atoms with Crippen LogP contribution in [0.3, 0.4) is 0 Å². The molecular formula is C8H16ClNO2. The number of carboxylic acid groups (broad SMARTS) is 1. The van der Waals surface area contributed by atoms with Gasteiger partial charge >= 0.3 is 5.97 Å². The highest BCUT2D eigenvalue weighted by molar-refractivity contribution is 6.29. The summed E-state index contributed by atoms with van der Waals surface area (Å²) in [6.45, 7) is 7.72. The second-order valence-corrected chi connectivity index (χ2v) is 3.72. The van der Waals surface area contributed by atoms with E-state index < -0.39 is 11.5 Å². The molecule has 0 aliphatic carbocycles. The molecule has 0 aromatic rings. The number of halogens is 1. The Hall–Kier alpha value is -0.280. The van der Waals surface area contributed by atoms with E-state index in [1.807, 2.05) is 27.7 Å². The van der Waals surface area contributed by atoms with Crippen molar-refractivity contribution in [2.45, 2.75) is 45.3 Å². The average Bonchev–Trinajstić information content (AvgIpc) is 1.85. The molecule has 3 nitrogen and oxygen atoms in total. The van der Waals surface area contributed by atoms with Crippen molar-refractivity contribution in [1.29, 1.82) is 0 Å². The number of carbonyl (C=O) groups is 1. The van der Waals surface area contributed by atoms with Crippen LogP contribution in [0.2, 0.25) is 0 Å². The Kier molecular flexibility index (Phi) is 4.57. The highest BCUT2D eigenvalue weighted by atomic mass is 35.5. The van der Waals surface area contributed by atoms with Gasteiger partial charge in [-0.3, -0.25) is 4.90 Å². The minimum absolute atomic E-state index is 0.142. The normalized spacial score (nSPS) is 14.3. The molecule has 1 unspecified atom stereocenters. The first-order chi connectivity index (χ1) is 5.37. The summed E-state index contributed by atoms with van der Waals surface area (Å²) in [5.74, 6) is -0.987. The zero-order chi connectivity index (χ0) is 9.89. The van der Waals surface area contributed by atoms with Crippen molar-refractivity contribution in [3.05, 3.63) is 0 Å². The molecule has 0 aliphatic heterocycles. The molecule has 0 bridgehead atoms. The van der Waals surface area contributed by atoms with E-state index in [1.54, 1.807) is 4.90 Å². The fourth-order valence-electron chi connectivity index (χ4n) is 1.25. The quantitative estimate of drug-likeness (QED) is 0.547. The predicted octanol–water partition coefficient (Wildman–Crippen LogP) is 1.75. The monoisotopic (exact) mass is 193 g/mol. The lowest BCUT2D eigenvalue weighted by Gasteiger charge is -2.32. The maximum atomic E-state index is 10.6. The lowest BCUT2D eigenvalue weighted by atomic mass is 10.2. The molecule has 0 amide bonds. The Morgan fingerprint density at radius 1 is 1.25 bits per heavy atom. The van der Waals surface area contributed by atoms with E-state index in [-0.39, 0.29) is 12.1 Å². The predicted molar refractivity (Wildman–Crippen MR) is 49.4 cm³/mol. The smallest absolute Gasteiger partial charge is 0.336 e. The van der Waals surface area contributed by atoms with Crippen molar-refractivity contribution in [3.63, 3.8) is 0 Å². The first kappa shape index (κ1) is 11.7. The molecule has 0 rings (SSSR count). The standard InChI is InChI=1S/C8H16ClNO2/c1-5(2)10(6(3)4)7(9)8(11)12/h5-7H,1-4H3,(H,11,12). The van der Waals surface area contributed by atoms with Gasteiger partial charge in [0, 0.05) is 12.1 Å². The van der Waals surface area contributed by atoms with E-state index in [0.717, 1.165) is 0 Å². The third kappa shape index (κ3) is 2.99. The first-order valence-corrected chi connectivity index (χ1v) is 4.46. The maximum Gasteiger partial charge on any atom is 0.336 e. The van der Waals surface area contributed by atoms with Gasteiger partial charge in [0.2, 0.25) is 0 Å². The van der Waals surface area contributed by atoms with Gasteiger partial charge in [0.15, 0.2) is 5.50 Å². The number of nitrogens with zero attached hydrogens (tertiary/aromatic N) is 1. The maximum absolute atomic E-state index is 10.6. The molecule has 0 radical (unpaired) electrons. The Balaban J connectivity index is 4.40. The molecule has 1 N–H and O–H groups in total. The molecule has 12 heavy (non-hydrogen) atoms. The number of hydrogen-bond donors (Lipinski definition) is 1. The molecule has 0 fully saturated rings. The van der Waals surface area contributed by atoms with Crippen LogP contribution in [0.5, 0.6) is 0 Å². The Morgan fingerprint density at radius 3 is 1.67 bits per heavy atom. The molecule has 0 aromatic heterocycles. The number of aliphatic carboxylic acids is 1. The van der Waals surface area contributed by atoms with Gasteiger partial charge in [-0.25, -0.2) is 4.79 Å². The number of carboxylic acids is 1. The van der Waals surface area contributed by atoms with Crippen LogP contribution in [-0.2, 0) is 4.79 Å². The molecular weight excluding hydrogens is 178 g/mol. The molecule has 4 heteroatoms. The van der Waals surface area contributed by atoms with Crippen molar-refractivity contribution in [2.24, 2.45) is 0 Å². The summed E-state index contributed by atoms with van der Waals surface area (Å²) in [5, 5.41) is 8.68. The fraction of sp³-hybridized carbons (Fsp3) is 0.875. The van der Waals surface area contributed by atoms with Crippen molar-refractivity contribution in [1.82, 2.24) is 4.90 Å². The van der Waals surface area contributed by atoms with Gasteiger partial charge in [-0.05, 0) is 27.7 Å². The summed E-state index contributed by atoms with van der Waals surface area (Å²) in [6.07, 6.45) is 0. The van der Waals surface area contributed by atoms with Crippen LogP contribution in [0.25, 0.3) is 0 Å². The van der Waals surface area contributed by atoms with E-state index in [4.69, 9.17) is 16.7 Å². The van der Waals surface area contributed by atoms with E-state index in [2.05, 4.69) is 0 Å². The lowest BCUT2D eigenvalue weighted by molar-refractivity contribution is -0.141. The highest BCUT2D eigenvalue weighted by Gasteiger charge is 2.27. The van der Waals surface area contributed by atoms with Crippen LogP contribution in [0, 0.1) is 0 Å². The van der Waals surface area contributed by atoms with Crippen LogP contribution in [0.4, 0.5) is 0 Å². The van der Waals surface area contributed by atoms with Crippen molar-refractivity contribution >= 4 is 17.6 Å². The number of alkyl halides is 1. The van der Waals surface area contributed by atoms with Crippen LogP contribution in [-0.4, -0.2) is 33.6 Å². The van der Waals surface area contributed by atoms with Crippen molar-refractivity contribution in [3.8, 4) is 0 Å².